The Morgan fingerprint density at radius 2 is 2.00 bits per heavy atom. The van der Waals surface area contributed by atoms with Crippen LogP contribution in [0.2, 0.25) is 0 Å². The van der Waals surface area contributed by atoms with Crippen molar-refractivity contribution in [2.24, 2.45) is 12.8 Å². The van der Waals surface area contributed by atoms with Gasteiger partial charge in [0.05, 0.1) is 0 Å². The van der Waals surface area contributed by atoms with E-state index < -0.39 is 29.5 Å². The number of primary amides is 1. The van der Waals surface area contributed by atoms with Crippen LogP contribution in [0.1, 0.15) is 16.2 Å². The topological polar surface area (TPSA) is 103 Å². The molecule has 3 amide bonds. The van der Waals surface area contributed by atoms with Crippen LogP contribution < -0.4 is 11.1 Å². The molecule has 0 aliphatic carbocycles. The highest BCUT2D eigenvalue weighted by Gasteiger charge is 2.40. The molecule has 1 aromatic rings. The van der Waals surface area contributed by atoms with E-state index in [-0.39, 0.29) is 0 Å². The first-order chi connectivity index (χ1) is 7.23. The van der Waals surface area contributed by atoms with E-state index >= 15 is 0 Å². The number of aromatic nitrogens is 3. The Hall–Kier alpha value is -2.13. The standard InChI is InChI=1S/C6H6F3N5O2/c1-14-3(6(7,8)9)2(12-13-14)4(15)11-5(10)16/h1H3,(H3,10,11,15,16). The maximum absolute atomic E-state index is 12.4. The second-order valence-corrected chi connectivity index (χ2v) is 2.73. The second kappa shape index (κ2) is 3.79. The van der Waals surface area contributed by atoms with Gasteiger partial charge in [-0.2, -0.15) is 13.2 Å². The average molecular weight is 237 g/mol. The maximum atomic E-state index is 12.4. The Bertz CT molecular complexity index is 438. The number of nitrogens with one attached hydrogen (secondary N) is 1. The normalized spacial score (nSPS) is 11.2. The number of alkyl halides is 3. The van der Waals surface area contributed by atoms with Crippen molar-refractivity contribution in [1.29, 1.82) is 0 Å². The largest absolute Gasteiger partial charge is 0.435 e. The predicted octanol–water partition coefficient (Wildman–Crippen LogP) is -0.358. The Kier molecular flexibility index (Phi) is 2.83. The highest BCUT2D eigenvalue weighted by atomic mass is 19.4. The number of hydrogen-bond donors (Lipinski definition) is 2. The molecule has 0 saturated heterocycles. The van der Waals surface area contributed by atoms with Crippen LogP contribution in [0, 0.1) is 0 Å². The molecule has 3 N–H and O–H groups in total. The maximum Gasteiger partial charge on any atom is 0.435 e. The van der Waals surface area contributed by atoms with Gasteiger partial charge in [0, 0.05) is 7.05 Å². The zero-order chi connectivity index (χ0) is 12.5. The van der Waals surface area contributed by atoms with Crippen molar-refractivity contribution in [2.75, 3.05) is 0 Å². The molecular formula is C6H6F3N5O2. The number of aryl methyl sites for hydroxylation is 1. The number of amides is 3. The number of imide groups is 1. The third kappa shape index (κ3) is 2.27. The lowest BCUT2D eigenvalue weighted by molar-refractivity contribution is -0.144. The fourth-order valence-electron chi connectivity index (χ4n) is 0.999. The van der Waals surface area contributed by atoms with Crippen LogP contribution in [0.25, 0.3) is 0 Å². The lowest BCUT2D eigenvalue weighted by Gasteiger charge is -2.07. The molecule has 88 valence electrons. The van der Waals surface area contributed by atoms with E-state index in [9.17, 15) is 22.8 Å². The minimum absolute atomic E-state index is 0.385. The third-order valence-electron chi connectivity index (χ3n) is 1.55. The minimum Gasteiger partial charge on any atom is -0.351 e. The van der Waals surface area contributed by atoms with E-state index in [1.807, 2.05) is 0 Å². The monoisotopic (exact) mass is 237 g/mol. The fourth-order valence-corrected chi connectivity index (χ4v) is 0.999. The van der Waals surface area contributed by atoms with Gasteiger partial charge < -0.3 is 5.73 Å². The summed E-state index contributed by atoms with van der Waals surface area (Å²) in [7, 11) is 0.969. The van der Waals surface area contributed by atoms with Gasteiger partial charge >= 0.3 is 12.2 Å². The molecule has 0 aliphatic heterocycles. The first kappa shape index (κ1) is 11.9. The number of rotatable bonds is 1. The summed E-state index contributed by atoms with van der Waals surface area (Å²) >= 11 is 0. The smallest absolute Gasteiger partial charge is 0.351 e. The number of halogens is 3. The van der Waals surface area contributed by atoms with E-state index in [0.29, 0.717) is 4.68 Å². The van der Waals surface area contributed by atoms with Crippen LogP contribution in [-0.4, -0.2) is 26.9 Å². The van der Waals surface area contributed by atoms with Crippen LogP contribution in [0.3, 0.4) is 0 Å². The van der Waals surface area contributed by atoms with Gasteiger partial charge in [0.2, 0.25) is 0 Å². The summed E-state index contributed by atoms with van der Waals surface area (Å²) in [6.07, 6.45) is -4.80. The fraction of sp³-hybridized carbons (Fsp3) is 0.333. The van der Waals surface area contributed by atoms with E-state index in [1.54, 1.807) is 0 Å². The molecule has 0 aromatic carbocycles. The molecule has 1 rings (SSSR count). The van der Waals surface area contributed by atoms with Gasteiger partial charge in [-0.05, 0) is 0 Å². The first-order valence-corrected chi connectivity index (χ1v) is 3.81. The van der Waals surface area contributed by atoms with Gasteiger partial charge in [-0.25, -0.2) is 9.48 Å². The lowest BCUT2D eigenvalue weighted by atomic mass is 10.3. The minimum atomic E-state index is -4.80. The van der Waals surface area contributed by atoms with Gasteiger partial charge in [-0.3, -0.25) is 10.1 Å². The quantitative estimate of drug-likeness (QED) is 0.696. The number of carbonyl (C=O) groups excluding carboxylic acids is 2. The molecule has 0 saturated carbocycles. The number of nitrogens with zero attached hydrogens (tertiary/aromatic N) is 3. The number of carbonyl (C=O) groups is 2. The molecule has 1 heterocycles. The zero-order valence-electron chi connectivity index (χ0n) is 7.87. The summed E-state index contributed by atoms with van der Waals surface area (Å²) in [5.41, 5.74) is 2.23. The summed E-state index contributed by atoms with van der Waals surface area (Å²) in [5, 5.41) is 7.52. The molecular weight excluding hydrogens is 231 g/mol. The summed E-state index contributed by atoms with van der Waals surface area (Å²) in [4.78, 5) is 21.4. The highest BCUT2D eigenvalue weighted by Crippen LogP contribution is 2.30. The van der Waals surface area contributed by atoms with Crippen LogP contribution in [0.15, 0.2) is 0 Å². The van der Waals surface area contributed by atoms with Crippen LogP contribution >= 0.6 is 0 Å². The summed E-state index contributed by atoms with van der Waals surface area (Å²) < 4.78 is 37.7. The second-order valence-electron chi connectivity index (χ2n) is 2.73. The molecule has 1 aromatic heterocycles. The van der Waals surface area contributed by atoms with Gasteiger partial charge in [-0.15, -0.1) is 5.10 Å². The summed E-state index contributed by atoms with van der Waals surface area (Å²) in [6.45, 7) is 0. The van der Waals surface area contributed by atoms with Crippen molar-refractivity contribution < 1.29 is 22.8 Å². The molecule has 0 radical (unpaired) electrons. The van der Waals surface area contributed by atoms with Crippen molar-refractivity contribution in [2.45, 2.75) is 6.18 Å². The first-order valence-electron chi connectivity index (χ1n) is 3.81. The average Bonchev–Trinajstić information content (AvgIpc) is 2.44. The van der Waals surface area contributed by atoms with E-state index in [0.717, 1.165) is 7.05 Å². The van der Waals surface area contributed by atoms with Crippen LogP contribution in [0.5, 0.6) is 0 Å². The predicted molar refractivity (Wildman–Crippen MR) is 43.1 cm³/mol. The molecule has 7 nitrogen and oxygen atoms in total. The van der Waals surface area contributed by atoms with Crippen LogP contribution in [0.4, 0.5) is 18.0 Å². The summed E-state index contributed by atoms with van der Waals surface area (Å²) in [5.74, 6) is -1.35. The molecule has 10 heteroatoms. The third-order valence-corrected chi connectivity index (χ3v) is 1.55. The van der Waals surface area contributed by atoms with Crippen LogP contribution in [-0.2, 0) is 13.2 Å². The Labute approximate surface area is 86.4 Å². The molecule has 0 spiro atoms. The van der Waals surface area contributed by atoms with Crippen molar-refractivity contribution in [3.63, 3.8) is 0 Å². The Balaban J connectivity index is 3.16. The number of nitrogens with two attached hydrogens (primary N) is 1. The SMILES string of the molecule is Cn1nnc(C(=O)NC(N)=O)c1C(F)(F)F. The Morgan fingerprint density at radius 1 is 1.44 bits per heavy atom. The van der Waals surface area contributed by atoms with Gasteiger partial charge in [0.1, 0.15) is 0 Å². The van der Waals surface area contributed by atoms with Crippen molar-refractivity contribution in [1.82, 2.24) is 20.3 Å². The van der Waals surface area contributed by atoms with Crippen molar-refractivity contribution >= 4 is 11.9 Å². The molecule has 0 fully saturated rings. The van der Waals surface area contributed by atoms with E-state index in [4.69, 9.17) is 0 Å². The van der Waals surface area contributed by atoms with Crippen molar-refractivity contribution in [3.05, 3.63) is 11.4 Å². The van der Waals surface area contributed by atoms with Gasteiger partial charge in [-0.1, -0.05) is 5.21 Å². The zero-order valence-corrected chi connectivity index (χ0v) is 7.87. The van der Waals surface area contributed by atoms with Gasteiger partial charge in [0.25, 0.3) is 5.91 Å². The van der Waals surface area contributed by atoms with E-state index in [1.165, 1.54) is 5.32 Å². The number of urea groups is 1. The highest BCUT2D eigenvalue weighted by molar-refractivity contribution is 6.03. The number of hydrogen-bond acceptors (Lipinski definition) is 4. The lowest BCUT2D eigenvalue weighted by Crippen LogP contribution is -2.36. The van der Waals surface area contributed by atoms with E-state index in [2.05, 4.69) is 16.0 Å². The Morgan fingerprint density at radius 3 is 2.44 bits per heavy atom. The molecule has 0 aliphatic rings. The molecule has 16 heavy (non-hydrogen) atoms. The summed E-state index contributed by atoms with van der Waals surface area (Å²) in [6, 6.07) is -1.27. The molecule has 0 atom stereocenters. The molecule has 0 bridgehead atoms. The van der Waals surface area contributed by atoms with Crippen molar-refractivity contribution in [3.8, 4) is 0 Å². The molecule has 0 unspecified atom stereocenters. The van der Waals surface area contributed by atoms with Gasteiger partial charge in [0.15, 0.2) is 11.4 Å².